The van der Waals surface area contributed by atoms with Gasteiger partial charge >= 0.3 is 29.6 Å². The van der Waals surface area contributed by atoms with Crippen LogP contribution in [0, 0.1) is 0 Å². The van der Waals surface area contributed by atoms with E-state index in [-0.39, 0.29) is 29.6 Å². The molecule has 0 aliphatic heterocycles. The van der Waals surface area contributed by atoms with Gasteiger partial charge in [0, 0.05) is 0 Å². The van der Waals surface area contributed by atoms with E-state index in [2.05, 4.69) is 97.1 Å². The molecule has 0 unspecified atom stereocenters. The Bertz CT molecular complexity index is 742. The first-order valence-corrected chi connectivity index (χ1v) is 10.3. The summed E-state index contributed by atoms with van der Waals surface area (Å²) < 4.78 is 0. The Morgan fingerprint density at radius 1 is 0.583 bits per heavy atom. The van der Waals surface area contributed by atoms with Crippen LogP contribution in [0.1, 0.15) is 12.8 Å². The zero-order chi connectivity index (χ0) is 15.5. The molecule has 2 aliphatic rings. The predicted octanol–water partition coefficient (Wildman–Crippen LogP) is 1.10. The maximum absolute atomic E-state index is 2.37. The van der Waals surface area contributed by atoms with Crippen LogP contribution in [-0.4, -0.2) is 8.07 Å². The number of hydrogen-bond donors (Lipinski definition) is 0. The van der Waals surface area contributed by atoms with Gasteiger partial charge in [0.15, 0.2) is 8.07 Å². The first-order chi connectivity index (χ1) is 11.4. The summed E-state index contributed by atoms with van der Waals surface area (Å²) in [5.41, 5.74) is 0. The molecule has 0 amide bonds. The monoisotopic (exact) mass is 335 g/mol. The van der Waals surface area contributed by atoms with Crippen LogP contribution >= 0.6 is 0 Å². The molecule has 2 aliphatic carbocycles. The summed E-state index contributed by atoms with van der Waals surface area (Å²) in [7, 11) is -2.08. The van der Waals surface area contributed by atoms with Gasteiger partial charge in [0.25, 0.3) is 0 Å². The zero-order valence-corrected chi connectivity index (χ0v) is 17.2. The second kappa shape index (κ2) is 7.67. The molecule has 2 heteroatoms. The van der Waals surface area contributed by atoms with E-state index in [1.165, 1.54) is 10.4 Å². The minimum atomic E-state index is -2.08. The predicted molar refractivity (Wildman–Crippen MR) is 102 cm³/mol. The van der Waals surface area contributed by atoms with Crippen LogP contribution in [0.2, 0.25) is 0 Å². The Morgan fingerprint density at radius 2 is 1.00 bits per heavy atom. The van der Waals surface area contributed by atoms with E-state index >= 15 is 0 Å². The second-order valence-corrected chi connectivity index (χ2v) is 10.1. The van der Waals surface area contributed by atoms with E-state index in [1.54, 1.807) is 10.4 Å². The SMILES string of the molecule is C1=CCC([Si](C2=CC=CC2)(c2ccccc2)c2ccccc2)=C1.[Na+]. The summed E-state index contributed by atoms with van der Waals surface area (Å²) in [5, 5.41) is 6.20. The van der Waals surface area contributed by atoms with E-state index in [0.717, 1.165) is 12.8 Å². The molecule has 0 saturated carbocycles. The van der Waals surface area contributed by atoms with Gasteiger partial charge < -0.3 is 0 Å². The van der Waals surface area contributed by atoms with Crippen molar-refractivity contribution in [1.29, 1.82) is 0 Å². The number of allylic oxidation sites excluding steroid dienone is 8. The minimum Gasteiger partial charge on any atom is -0.0808 e. The van der Waals surface area contributed by atoms with Crippen LogP contribution in [0.5, 0.6) is 0 Å². The fourth-order valence-electron chi connectivity index (χ4n) is 3.94. The van der Waals surface area contributed by atoms with E-state index < -0.39 is 8.07 Å². The van der Waals surface area contributed by atoms with Crippen LogP contribution in [0.3, 0.4) is 0 Å². The van der Waals surface area contributed by atoms with E-state index in [1.807, 2.05) is 0 Å². The fraction of sp³-hybridized carbons (Fsp3) is 0.0909. The Kier molecular flexibility index (Phi) is 5.57. The molecule has 0 atom stereocenters. The van der Waals surface area contributed by atoms with Crippen LogP contribution in [0.15, 0.2) is 108 Å². The van der Waals surface area contributed by atoms with E-state index in [0.29, 0.717) is 0 Å². The van der Waals surface area contributed by atoms with Crippen LogP contribution in [0.25, 0.3) is 0 Å². The average Bonchev–Trinajstić information content (AvgIpc) is 3.32. The van der Waals surface area contributed by atoms with E-state index in [4.69, 9.17) is 0 Å². The van der Waals surface area contributed by atoms with Crippen molar-refractivity contribution in [3.8, 4) is 0 Å². The summed E-state index contributed by atoms with van der Waals surface area (Å²) in [4.78, 5) is 0. The van der Waals surface area contributed by atoms with Crippen molar-refractivity contribution in [3.63, 3.8) is 0 Å². The van der Waals surface area contributed by atoms with Gasteiger partial charge in [-0.05, 0) is 23.2 Å². The van der Waals surface area contributed by atoms with Gasteiger partial charge in [-0.25, -0.2) is 0 Å². The van der Waals surface area contributed by atoms with Crippen LogP contribution in [0.4, 0.5) is 0 Å². The van der Waals surface area contributed by atoms with Gasteiger partial charge in [-0.3, -0.25) is 0 Å². The van der Waals surface area contributed by atoms with Gasteiger partial charge in [-0.1, -0.05) is 108 Å². The van der Waals surface area contributed by atoms with Crippen molar-refractivity contribution < 1.29 is 29.6 Å². The Balaban J connectivity index is 0.00000169. The largest absolute Gasteiger partial charge is 1.00 e. The molecule has 0 spiro atoms. The molecule has 24 heavy (non-hydrogen) atoms. The van der Waals surface area contributed by atoms with Crippen molar-refractivity contribution >= 4 is 18.4 Å². The van der Waals surface area contributed by atoms with E-state index in [9.17, 15) is 0 Å². The van der Waals surface area contributed by atoms with Gasteiger partial charge in [-0.2, -0.15) is 0 Å². The molecule has 0 saturated heterocycles. The molecule has 2 aromatic rings. The smallest absolute Gasteiger partial charge is 0.0808 e. The average molecular weight is 335 g/mol. The molecule has 2 aromatic carbocycles. The zero-order valence-electron chi connectivity index (χ0n) is 14.2. The molecule has 0 N–H and O–H groups in total. The van der Waals surface area contributed by atoms with Crippen molar-refractivity contribution in [2.75, 3.05) is 0 Å². The maximum Gasteiger partial charge on any atom is 1.00 e. The third-order valence-electron chi connectivity index (χ3n) is 4.92. The molecule has 0 aromatic heterocycles. The molecular formula is C22H20NaSi+. The van der Waals surface area contributed by atoms with Crippen molar-refractivity contribution in [2.45, 2.75) is 12.8 Å². The molecule has 0 heterocycles. The molecule has 0 nitrogen and oxygen atoms in total. The summed E-state index contributed by atoms with van der Waals surface area (Å²) in [6.07, 6.45) is 15.9. The maximum atomic E-state index is 2.37. The number of benzene rings is 2. The van der Waals surface area contributed by atoms with Crippen molar-refractivity contribution in [3.05, 3.63) is 108 Å². The van der Waals surface area contributed by atoms with Crippen molar-refractivity contribution in [2.24, 2.45) is 0 Å². The minimum absolute atomic E-state index is 0. The number of rotatable bonds is 4. The topological polar surface area (TPSA) is 0 Å². The molecule has 0 fully saturated rings. The summed E-state index contributed by atoms with van der Waals surface area (Å²) in [6.45, 7) is 0. The fourth-order valence-corrected chi connectivity index (χ4v) is 9.10. The van der Waals surface area contributed by atoms with Gasteiger partial charge in [0.05, 0.1) is 0 Å². The normalized spacial score (nSPS) is 15.8. The summed E-state index contributed by atoms with van der Waals surface area (Å²) in [6, 6.07) is 22.3. The number of hydrogen-bond acceptors (Lipinski definition) is 0. The molecule has 0 radical (unpaired) electrons. The molecule has 4 rings (SSSR count). The third kappa shape index (κ3) is 2.87. The summed E-state index contributed by atoms with van der Waals surface area (Å²) in [5.74, 6) is 0. The van der Waals surface area contributed by atoms with Crippen LogP contribution in [-0.2, 0) is 0 Å². The first kappa shape index (κ1) is 17.4. The van der Waals surface area contributed by atoms with Gasteiger partial charge in [0.1, 0.15) is 0 Å². The first-order valence-electron chi connectivity index (χ1n) is 8.26. The second-order valence-electron chi connectivity index (χ2n) is 6.13. The third-order valence-corrected chi connectivity index (χ3v) is 9.99. The quantitative estimate of drug-likeness (QED) is 0.734. The summed E-state index contributed by atoms with van der Waals surface area (Å²) >= 11 is 0. The van der Waals surface area contributed by atoms with Gasteiger partial charge in [-0.15, -0.1) is 0 Å². The Morgan fingerprint density at radius 3 is 1.33 bits per heavy atom. The van der Waals surface area contributed by atoms with Crippen molar-refractivity contribution in [1.82, 2.24) is 0 Å². The Hall–Kier alpha value is -1.38. The standard InChI is InChI=1S/C22H20Si.Na/c1-3-11-19(12-4-1)23(21-15-7-8-16-21,22-17-9-10-18-22)20-13-5-2-6-14-20;/h1-15,17H,16,18H2;/q;+1. The van der Waals surface area contributed by atoms with Gasteiger partial charge in [0.2, 0.25) is 0 Å². The molecule has 0 bridgehead atoms. The Labute approximate surface area is 167 Å². The van der Waals surface area contributed by atoms with Crippen LogP contribution < -0.4 is 39.9 Å². The molecule has 112 valence electrons. The molecular weight excluding hydrogens is 315 g/mol.